The molecule has 5 heteroatoms. The van der Waals surface area contributed by atoms with Crippen LogP contribution in [0.1, 0.15) is 30.2 Å². The van der Waals surface area contributed by atoms with Gasteiger partial charge in [0.25, 0.3) is 0 Å². The van der Waals surface area contributed by atoms with E-state index in [1.165, 1.54) is 5.56 Å². The third-order valence-corrected chi connectivity index (χ3v) is 4.80. The lowest BCUT2D eigenvalue weighted by Crippen LogP contribution is -2.32. The summed E-state index contributed by atoms with van der Waals surface area (Å²) in [7, 11) is 0. The highest BCUT2D eigenvalue weighted by atomic mass is 16.4. The molecule has 1 saturated heterocycles. The average Bonchev–Trinajstić information content (AvgIpc) is 3.12. The molecule has 1 aliphatic heterocycles. The smallest absolute Gasteiger partial charge is 0.247 e. The van der Waals surface area contributed by atoms with E-state index in [1.807, 2.05) is 42.5 Å². The zero-order chi connectivity index (χ0) is 17.1. The van der Waals surface area contributed by atoms with Gasteiger partial charge in [-0.2, -0.15) is 0 Å². The molecule has 0 bridgehead atoms. The maximum Gasteiger partial charge on any atom is 0.247 e. The van der Waals surface area contributed by atoms with E-state index in [0.717, 1.165) is 31.5 Å². The Morgan fingerprint density at radius 1 is 0.960 bits per heavy atom. The molecule has 0 saturated carbocycles. The Labute approximate surface area is 146 Å². The van der Waals surface area contributed by atoms with Gasteiger partial charge in [-0.3, -0.25) is 4.90 Å². The van der Waals surface area contributed by atoms with Gasteiger partial charge in [0.1, 0.15) is 5.75 Å². The minimum Gasteiger partial charge on any atom is -0.508 e. The molecule has 1 fully saturated rings. The maximum atomic E-state index is 9.41. The first-order valence-electron chi connectivity index (χ1n) is 8.67. The molecule has 1 N–H and O–H groups in total. The molecular weight excluding hydrogens is 314 g/mol. The largest absolute Gasteiger partial charge is 0.508 e. The van der Waals surface area contributed by atoms with Crippen molar-refractivity contribution in [3.8, 4) is 17.2 Å². The number of phenols is 1. The number of aromatic hydroxyl groups is 1. The second kappa shape index (κ2) is 7.07. The molecule has 2 heterocycles. The van der Waals surface area contributed by atoms with Crippen LogP contribution in [0.15, 0.2) is 59.0 Å². The molecule has 2 aromatic carbocycles. The summed E-state index contributed by atoms with van der Waals surface area (Å²) >= 11 is 0. The molecular formula is C20H21N3O2. The van der Waals surface area contributed by atoms with Crippen LogP contribution >= 0.6 is 0 Å². The zero-order valence-corrected chi connectivity index (χ0v) is 14.0. The molecule has 0 spiro atoms. The van der Waals surface area contributed by atoms with Crippen molar-refractivity contribution >= 4 is 0 Å². The first-order valence-corrected chi connectivity index (χ1v) is 8.67. The third-order valence-electron chi connectivity index (χ3n) is 4.80. The summed E-state index contributed by atoms with van der Waals surface area (Å²) in [5.74, 6) is 2.13. The van der Waals surface area contributed by atoms with Crippen molar-refractivity contribution in [2.45, 2.75) is 25.3 Å². The standard InChI is InChI=1S/C20H21N3O2/c24-18-8-6-15(7-9-18)16-10-12-23(13-11-16)14-19-21-22-20(25-19)17-4-2-1-3-5-17/h1-9,16,24H,10-14H2. The number of benzene rings is 2. The number of phenolic OH excluding ortho intramolecular Hbond substituents is 1. The third kappa shape index (κ3) is 3.72. The Bertz CT molecular complexity index is 806. The Kier molecular flexibility index (Phi) is 4.48. The number of piperidine rings is 1. The van der Waals surface area contributed by atoms with Gasteiger partial charge in [0.05, 0.1) is 6.54 Å². The van der Waals surface area contributed by atoms with E-state index in [0.29, 0.717) is 30.0 Å². The van der Waals surface area contributed by atoms with Crippen molar-refractivity contribution in [3.63, 3.8) is 0 Å². The molecule has 5 nitrogen and oxygen atoms in total. The van der Waals surface area contributed by atoms with Crippen molar-refractivity contribution in [2.24, 2.45) is 0 Å². The van der Waals surface area contributed by atoms with Crippen LogP contribution in [-0.2, 0) is 6.54 Å². The van der Waals surface area contributed by atoms with Gasteiger partial charge in [0.2, 0.25) is 11.8 Å². The van der Waals surface area contributed by atoms with Gasteiger partial charge < -0.3 is 9.52 Å². The van der Waals surface area contributed by atoms with Crippen LogP contribution in [-0.4, -0.2) is 33.3 Å². The molecule has 0 aliphatic carbocycles. The second-order valence-corrected chi connectivity index (χ2v) is 6.51. The van der Waals surface area contributed by atoms with Gasteiger partial charge in [-0.05, 0) is 61.7 Å². The normalized spacial score (nSPS) is 16.2. The van der Waals surface area contributed by atoms with Gasteiger partial charge in [-0.15, -0.1) is 10.2 Å². The molecule has 1 aromatic heterocycles. The Balaban J connectivity index is 1.34. The lowest BCUT2D eigenvalue weighted by atomic mass is 9.89. The summed E-state index contributed by atoms with van der Waals surface area (Å²) < 4.78 is 5.81. The van der Waals surface area contributed by atoms with Crippen LogP contribution in [0.25, 0.3) is 11.5 Å². The predicted octanol–water partition coefficient (Wildman–Crippen LogP) is 3.82. The highest BCUT2D eigenvalue weighted by Gasteiger charge is 2.22. The molecule has 3 aromatic rings. The Hall–Kier alpha value is -2.66. The Morgan fingerprint density at radius 2 is 1.68 bits per heavy atom. The van der Waals surface area contributed by atoms with E-state index in [1.54, 1.807) is 12.1 Å². The van der Waals surface area contributed by atoms with E-state index >= 15 is 0 Å². The lowest BCUT2D eigenvalue weighted by Gasteiger charge is -2.31. The van der Waals surface area contributed by atoms with Gasteiger partial charge >= 0.3 is 0 Å². The predicted molar refractivity (Wildman–Crippen MR) is 95.1 cm³/mol. The summed E-state index contributed by atoms with van der Waals surface area (Å²) in [6.45, 7) is 2.71. The van der Waals surface area contributed by atoms with Crippen LogP contribution in [0.3, 0.4) is 0 Å². The van der Waals surface area contributed by atoms with Gasteiger partial charge in [0.15, 0.2) is 0 Å². The topological polar surface area (TPSA) is 62.4 Å². The molecule has 0 atom stereocenters. The number of hydrogen-bond donors (Lipinski definition) is 1. The fraction of sp³-hybridized carbons (Fsp3) is 0.300. The Morgan fingerprint density at radius 3 is 2.40 bits per heavy atom. The number of rotatable bonds is 4. The van der Waals surface area contributed by atoms with Crippen molar-refractivity contribution in [1.82, 2.24) is 15.1 Å². The summed E-state index contributed by atoms with van der Waals surface area (Å²) in [4.78, 5) is 2.36. The summed E-state index contributed by atoms with van der Waals surface area (Å²) in [5, 5.41) is 17.8. The van der Waals surface area contributed by atoms with Crippen LogP contribution in [0.2, 0.25) is 0 Å². The van der Waals surface area contributed by atoms with Crippen molar-refractivity contribution < 1.29 is 9.52 Å². The quantitative estimate of drug-likeness (QED) is 0.785. The first kappa shape index (κ1) is 15.8. The van der Waals surface area contributed by atoms with Crippen LogP contribution in [0, 0.1) is 0 Å². The number of nitrogens with zero attached hydrogens (tertiary/aromatic N) is 3. The van der Waals surface area contributed by atoms with Crippen molar-refractivity contribution in [2.75, 3.05) is 13.1 Å². The molecule has 4 rings (SSSR count). The van der Waals surface area contributed by atoms with E-state index in [2.05, 4.69) is 15.1 Å². The number of likely N-dealkylation sites (tertiary alicyclic amines) is 1. The van der Waals surface area contributed by atoms with Crippen LogP contribution in [0.4, 0.5) is 0 Å². The van der Waals surface area contributed by atoms with E-state index in [-0.39, 0.29) is 0 Å². The summed E-state index contributed by atoms with van der Waals surface area (Å²) in [5.41, 5.74) is 2.26. The van der Waals surface area contributed by atoms with Crippen LogP contribution in [0.5, 0.6) is 5.75 Å². The van der Waals surface area contributed by atoms with Crippen molar-refractivity contribution in [3.05, 3.63) is 66.1 Å². The van der Waals surface area contributed by atoms with E-state index in [9.17, 15) is 5.11 Å². The average molecular weight is 335 g/mol. The highest BCUT2D eigenvalue weighted by molar-refractivity contribution is 5.51. The molecule has 0 unspecified atom stereocenters. The fourth-order valence-corrected chi connectivity index (χ4v) is 3.38. The zero-order valence-electron chi connectivity index (χ0n) is 14.0. The molecule has 0 radical (unpaired) electrons. The van der Waals surface area contributed by atoms with E-state index < -0.39 is 0 Å². The van der Waals surface area contributed by atoms with Crippen LogP contribution < -0.4 is 0 Å². The highest BCUT2D eigenvalue weighted by Crippen LogP contribution is 2.29. The van der Waals surface area contributed by atoms with Gasteiger partial charge in [-0.1, -0.05) is 30.3 Å². The van der Waals surface area contributed by atoms with Crippen molar-refractivity contribution in [1.29, 1.82) is 0 Å². The maximum absolute atomic E-state index is 9.41. The molecule has 25 heavy (non-hydrogen) atoms. The SMILES string of the molecule is Oc1ccc(C2CCN(Cc3nnc(-c4ccccc4)o3)CC2)cc1. The minimum absolute atomic E-state index is 0.326. The molecule has 128 valence electrons. The van der Waals surface area contributed by atoms with Gasteiger partial charge in [-0.25, -0.2) is 0 Å². The lowest BCUT2D eigenvalue weighted by molar-refractivity contribution is 0.188. The monoisotopic (exact) mass is 335 g/mol. The van der Waals surface area contributed by atoms with Gasteiger partial charge in [0, 0.05) is 5.56 Å². The first-order chi connectivity index (χ1) is 12.3. The number of aromatic nitrogens is 2. The summed E-state index contributed by atoms with van der Waals surface area (Å²) in [6.07, 6.45) is 2.20. The minimum atomic E-state index is 0.326. The summed E-state index contributed by atoms with van der Waals surface area (Å²) in [6, 6.07) is 17.4. The molecule has 0 amide bonds. The number of hydrogen-bond acceptors (Lipinski definition) is 5. The second-order valence-electron chi connectivity index (χ2n) is 6.51. The van der Waals surface area contributed by atoms with E-state index in [4.69, 9.17) is 4.42 Å². The molecule has 1 aliphatic rings. The fourth-order valence-electron chi connectivity index (χ4n) is 3.38.